The third-order valence-corrected chi connectivity index (χ3v) is 4.14. The summed E-state index contributed by atoms with van der Waals surface area (Å²) in [5.41, 5.74) is 6.99. The molecule has 3 nitrogen and oxygen atoms in total. The largest absolute Gasteiger partial charge is 0.341 e. The van der Waals surface area contributed by atoms with Crippen molar-refractivity contribution in [1.82, 2.24) is 4.90 Å². The highest BCUT2D eigenvalue weighted by molar-refractivity contribution is 5.83. The van der Waals surface area contributed by atoms with Gasteiger partial charge in [-0.1, -0.05) is 56.0 Å². The van der Waals surface area contributed by atoms with E-state index in [-0.39, 0.29) is 5.91 Å². The predicted octanol–water partition coefficient (Wildman–Crippen LogP) is 2.87. The van der Waals surface area contributed by atoms with Crippen LogP contribution in [0.25, 0.3) is 0 Å². The van der Waals surface area contributed by atoms with Crippen molar-refractivity contribution < 1.29 is 4.79 Å². The fourth-order valence-electron chi connectivity index (χ4n) is 2.85. The number of nitrogens with two attached hydrogens (primary N) is 1. The van der Waals surface area contributed by atoms with Gasteiger partial charge in [0.25, 0.3) is 0 Å². The van der Waals surface area contributed by atoms with Crippen LogP contribution in [0.4, 0.5) is 0 Å². The van der Waals surface area contributed by atoms with Gasteiger partial charge >= 0.3 is 0 Å². The van der Waals surface area contributed by atoms with Crippen LogP contribution in [-0.4, -0.2) is 23.9 Å². The zero-order valence-corrected chi connectivity index (χ0v) is 11.7. The lowest BCUT2D eigenvalue weighted by atomic mass is 10.0. The summed E-state index contributed by atoms with van der Waals surface area (Å²) in [6.45, 7) is 0. The highest BCUT2D eigenvalue weighted by Gasteiger charge is 2.25. The number of carbonyl (C=O) groups excluding carboxylic acids is 1. The lowest BCUT2D eigenvalue weighted by Crippen LogP contribution is -2.42. The van der Waals surface area contributed by atoms with Gasteiger partial charge in [-0.25, -0.2) is 0 Å². The smallest absolute Gasteiger partial charge is 0.244 e. The molecule has 1 fully saturated rings. The van der Waals surface area contributed by atoms with Crippen LogP contribution in [-0.2, 0) is 4.79 Å². The second kappa shape index (κ2) is 6.71. The van der Waals surface area contributed by atoms with Crippen molar-refractivity contribution in [2.45, 2.75) is 50.6 Å². The molecule has 0 bridgehead atoms. The summed E-state index contributed by atoms with van der Waals surface area (Å²) in [5.74, 6) is 0.0399. The molecular formula is C16H24N2O. The number of likely N-dealkylation sites (N-methyl/N-ethyl adjacent to an activating group) is 1. The maximum Gasteiger partial charge on any atom is 0.244 e. The maximum absolute atomic E-state index is 12.5. The SMILES string of the molecule is CN(C(=O)[C@@H](N)c1ccccc1)C1CCCCCC1. The van der Waals surface area contributed by atoms with E-state index in [4.69, 9.17) is 5.73 Å². The minimum absolute atomic E-state index is 0.0399. The van der Waals surface area contributed by atoms with E-state index >= 15 is 0 Å². The number of hydrogen-bond donors (Lipinski definition) is 1. The molecule has 0 spiro atoms. The lowest BCUT2D eigenvalue weighted by molar-refractivity contribution is -0.133. The Kier molecular flexibility index (Phi) is 4.97. The van der Waals surface area contributed by atoms with Gasteiger partial charge in [0.2, 0.25) is 5.91 Å². The minimum atomic E-state index is -0.533. The number of carbonyl (C=O) groups is 1. The van der Waals surface area contributed by atoms with E-state index in [9.17, 15) is 4.79 Å². The van der Waals surface area contributed by atoms with Gasteiger partial charge in [0, 0.05) is 13.1 Å². The Morgan fingerprint density at radius 1 is 1.16 bits per heavy atom. The molecule has 1 atom stereocenters. The van der Waals surface area contributed by atoms with Gasteiger partial charge < -0.3 is 10.6 Å². The third kappa shape index (κ3) is 3.57. The number of rotatable bonds is 3. The highest BCUT2D eigenvalue weighted by Crippen LogP contribution is 2.23. The molecule has 1 aliphatic rings. The molecule has 0 unspecified atom stereocenters. The first-order valence-corrected chi connectivity index (χ1v) is 7.27. The summed E-state index contributed by atoms with van der Waals surface area (Å²) >= 11 is 0. The van der Waals surface area contributed by atoms with Gasteiger partial charge in [-0.2, -0.15) is 0 Å². The molecule has 2 rings (SSSR count). The number of benzene rings is 1. The predicted molar refractivity (Wildman–Crippen MR) is 77.6 cm³/mol. The van der Waals surface area contributed by atoms with E-state index in [2.05, 4.69) is 0 Å². The number of hydrogen-bond acceptors (Lipinski definition) is 2. The van der Waals surface area contributed by atoms with Crippen LogP contribution in [0.2, 0.25) is 0 Å². The van der Waals surface area contributed by atoms with Crippen molar-refractivity contribution in [2.24, 2.45) is 5.73 Å². The Morgan fingerprint density at radius 3 is 2.32 bits per heavy atom. The van der Waals surface area contributed by atoms with Crippen LogP contribution in [0.15, 0.2) is 30.3 Å². The van der Waals surface area contributed by atoms with Crippen LogP contribution in [0.5, 0.6) is 0 Å². The molecular weight excluding hydrogens is 236 g/mol. The van der Waals surface area contributed by atoms with Crippen LogP contribution in [0, 0.1) is 0 Å². The Morgan fingerprint density at radius 2 is 1.74 bits per heavy atom. The molecule has 1 amide bonds. The second-order valence-electron chi connectivity index (χ2n) is 5.48. The fraction of sp³-hybridized carbons (Fsp3) is 0.562. The zero-order chi connectivity index (χ0) is 13.7. The highest BCUT2D eigenvalue weighted by atomic mass is 16.2. The first-order valence-electron chi connectivity index (χ1n) is 7.27. The summed E-state index contributed by atoms with van der Waals surface area (Å²) in [6, 6.07) is 9.46. The molecule has 1 aromatic rings. The van der Waals surface area contributed by atoms with Gasteiger partial charge in [0.05, 0.1) is 0 Å². The Balaban J connectivity index is 2.01. The van der Waals surface area contributed by atoms with Gasteiger partial charge in [-0.05, 0) is 18.4 Å². The van der Waals surface area contributed by atoms with Crippen molar-refractivity contribution in [3.63, 3.8) is 0 Å². The van der Waals surface area contributed by atoms with E-state index in [0.717, 1.165) is 18.4 Å². The van der Waals surface area contributed by atoms with Crippen molar-refractivity contribution in [1.29, 1.82) is 0 Å². The molecule has 1 saturated carbocycles. The van der Waals surface area contributed by atoms with Gasteiger partial charge in [-0.3, -0.25) is 4.79 Å². The monoisotopic (exact) mass is 260 g/mol. The Bertz CT molecular complexity index is 396. The Hall–Kier alpha value is -1.35. The topological polar surface area (TPSA) is 46.3 Å². The molecule has 0 aliphatic heterocycles. The van der Waals surface area contributed by atoms with E-state index in [0.29, 0.717) is 6.04 Å². The molecule has 3 heteroatoms. The number of amides is 1. The fourth-order valence-corrected chi connectivity index (χ4v) is 2.85. The van der Waals surface area contributed by atoms with Crippen molar-refractivity contribution in [3.8, 4) is 0 Å². The average molecular weight is 260 g/mol. The van der Waals surface area contributed by atoms with Crippen molar-refractivity contribution in [2.75, 3.05) is 7.05 Å². The molecule has 0 aromatic heterocycles. The Labute approximate surface area is 115 Å². The standard InChI is InChI=1S/C16H24N2O/c1-18(14-11-7-2-3-8-12-14)16(19)15(17)13-9-5-4-6-10-13/h4-6,9-10,14-15H,2-3,7-8,11-12,17H2,1H3/t15-/m0/s1. The summed E-state index contributed by atoms with van der Waals surface area (Å²) in [5, 5.41) is 0. The first kappa shape index (κ1) is 14.1. The summed E-state index contributed by atoms with van der Waals surface area (Å²) < 4.78 is 0. The summed E-state index contributed by atoms with van der Waals surface area (Å²) in [6.07, 6.45) is 7.27. The normalized spacial score (nSPS) is 18.6. The second-order valence-corrected chi connectivity index (χ2v) is 5.48. The van der Waals surface area contributed by atoms with Crippen LogP contribution in [0.1, 0.15) is 50.1 Å². The lowest BCUT2D eigenvalue weighted by Gasteiger charge is -2.29. The summed E-state index contributed by atoms with van der Waals surface area (Å²) in [4.78, 5) is 14.3. The van der Waals surface area contributed by atoms with Gasteiger partial charge in [0.15, 0.2) is 0 Å². The van der Waals surface area contributed by atoms with Crippen LogP contribution in [0.3, 0.4) is 0 Å². The van der Waals surface area contributed by atoms with Crippen LogP contribution >= 0.6 is 0 Å². The van der Waals surface area contributed by atoms with Crippen molar-refractivity contribution in [3.05, 3.63) is 35.9 Å². The number of nitrogens with zero attached hydrogens (tertiary/aromatic N) is 1. The molecule has 0 saturated heterocycles. The van der Waals surface area contributed by atoms with E-state index < -0.39 is 6.04 Å². The zero-order valence-electron chi connectivity index (χ0n) is 11.7. The maximum atomic E-state index is 12.5. The minimum Gasteiger partial charge on any atom is -0.341 e. The molecule has 1 aromatic carbocycles. The van der Waals surface area contributed by atoms with Crippen LogP contribution < -0.4 is 5.73 Å². The van der Waals surface area contributed by atoms with E-state index in [1.54, 1.807) is 0 Å². The average Bonchev–Trinajstić information content (AvgIpc) is 2.75. The molecule has 1 aliphatic carbocycles. The quantitative estimate of drug-likeness (QED) is 0.849. The molecule has 2 N–H and O–H groups in total. The van der Waals surface area contributed by atoms with E-state index in [1.165, 1.54) is 25.7 Å². The third-order valence-electron chi connectivity index (χ3n) is 4.14. The molecule has 0 heterocycles. The van der Waals surface area contributed by atoms with Gasteiger partial charge in [0.1, 0.15) is 6.04 Å². The molecule has 0 radical (unpaired) electrons. The summed E-state index contributed by atoms with van der Waals surface area (Å²) in [7, 11) is 1.90. The van der Waals surface area contributed by atoms with Crippen molar-refractivity contribution >= 4 is 5.91 Å². The van der Waals surface area contributed by atoms with E-state index in [1.807, 2.05) is 42.3 Å². The molecule has 104 valence electrons. The van der Waals surface area contributed by atoms with Gasteiger partial charge in [-0.15, -0.1) is 0 Å². The molecule has 19 heavy (non-hydrogen) atoms. The first-order chi connectivity index (χ1) is 9.20.